The van der Waals surface area contributed by atoms with Crippen LogP contribution in [0.25, 0.3) is 0 Å². The molecule has 0 saturated carbocycles. The van der Waals surface area contributed by atoms with Gasteiger partial charge in [-0.15, -0.1) is 0 Å². The molecule has 0 aliphatic rings. The van der Waals surface area contributed by atoms with E-state index in [1.165, 1.54) is 24.1 Å². The van der Waals surface area contributed by atoms with E-state index in [1.54, 1.807) is 44.4 Å². The molecule has 0 bridgehead atoms. The normalized spacial score (nSPS) is 12.4. The summed E-state index contributed by atoms with van der Waals surface area (Å²) in [5, 5.41) is 3.15. The summed E-state index contributed by atoms with van der Waals surface area (Å²) in [7, 11) is -0.980. The first-order valence-electron chi connectivity index (χ1n) is 11.2. The van der Waals surface area contributed by atoms with E-state index in [4.69, 9.17) is 21.1 Å². The van der Waals surface area contributed by atoms with E-state index >= 15 is 0 Å². The van der Waals surface area contributed by atoms with Gasteiger partial charge in [-0.05, 0) is 63.6 Å². The van der Waals surface area contributed by atoms with Crippen molar-refractivity contribution in [1.29, 1.82) is 0 Å². The second kappa shape index (κ2) is 11.8. The Kier molecular flexibility index (Phi) is 9.62. The number of methoxy groups -OCH3 is 2. The van der Waals surface area contributed by atoms with E-state index in [1.807, 2.05) is 20.8 Å². The van der Waals surface area contributed by atoms with Gasteiger partial charge in [0.2, 0.25) is 21.8 Å². The van der Waals surface area contributed by atoms with E-state index in [-0.39, 0.29) is 28.9 Å². The SMILES string of the molecule is COc1ccc(CN(C(=O)CN(c2cc(Cl)ccc2OC)S(C)(=O)=O)[C@@H](C)C(=O)NC(C)(C)C)cc1. The average molecular weight is 540 g/mol. The zero-order valence-electron chi connectivity index (χ0n) is 21.7. The molecular weight excluding hydrogens is 506 g/mol. The van der Waals surface area contributed by atoms with Crippen LogP contribution in [-0.4, -0.2) is 63.7 Å². The molecule has 2 rings (SSSR count). The maximum Gasteiger partial charge on any atom is 0.244 e. The molecule has 36 heavy (non-hydrogen) atoms. The summed E-state index contributed by atoms with van der Waals surface area (Å²) in [6.45, 7) is 6.64. The van der Waals surface area contributed by atoms with Gasteiger partial charge < -0.3 is 19.7 Å². The Morgan fingerprint density at radius 2 is 1.67 bits per heavy atom. The number of rotatable bonds is 10. The van der Waals surface area contributed by atoms with Crippen molar-refractivity contribution in [2.45, 2.75) is 45.8 Å². The third-order valence-electron chi connectivity index (χ3n) is 5.27. The van der Waals surface area contributed by atoms with Crippen LogP contribution >= 0.6 is 11.6 Å². The zero-order valence-corrected chi connectivity index (χ0v) is 23.2. The van der Waals surface area contributed by atoms with Crippen LogP contribution in [-0.2, 0) is 26.2 Å². The lowest BCUT2D eigenvalue weighted by Crippen LogP contribution is -2.54. The van der Waals surface area contributed by atoms with Gasteiger partial charge in [-0.25, -0.2) is 8.42 Å². The number of ether oxygens (including phenoxy) is 2. The molecule has 1 atom stereocenters. The third kappa shape index (κ3) is 8.03. The number of hydrogen-bond donors (Lipinski definition) is 1. The summed E-state index contributed by atoms with van der Waals surface area (Å²) in [6, 6.07) is 10.7. The molecule has 9 nitrogen and oxygen atoms in total. The molecule has 0 spiro atoms. The second-order valence-electron chi connectivity index (χ2n) is 9.37. The molecule has 0 fully saturated rings. The minimum atomic E-state index is -3.92. The Morgan fingerprint density at radius 1 is 1.06 bits per heavy atom. The third-order valence-corrected chi connectivity index (χ3v) is 6.63. The number of benzene rings is 2. The highest BCUT2D eigenvalue weighted by atomic mass is 35.5. The van der Waals surface area contributed by atoms with Gasteiger partial charge in [-0.3, -0.25) is 13.9 Å². The van der Waals surface area contributed by atoms with E-state index < -0.39 is 34.1 Å². The quantitative estimate of drug-likeness (QED) is 0.496. The van der Waals surface area contributed by atoms with Crippen LogP contribution in [0, 0.1) is 0 Å². The molecule has 0 aliphatic heterocycles. The topological polar surface area (TPSA) is 105 Å². The lowest BCUT2D eigenvalue weighted by molar-refractivity contribution is -0.140. The summed E-state index contributed by atoms with van der Waals surface area (Å²) in [5.41, 5.74) is 0.343. The van der Waals surface area contributed by atoms with Crippen LogP contribution in [0.1, 0.15) is 33.3 Å². The van der Waals surface area contributed by atoms with Gasteiger partial charge in [-0.2, -0.15) is 0 Å². The van der Waals surface area contributed by atoms with E-state index in [0.29, 0.717) is 5.75 Å². The Hall–Kier alpha value is -2.98. The van der Waals surface area contributed by atoms with Gasteiger partial charge in [0.05, 0.1) is 26.2 Å². The van der Waals surface area contributed by atoms with Crippen molar-refractivity contribution in [3.8, 4) is 11.5 Å². The fraction of sp³-hybridized carbons (Fsp3) is 0.440. The Labute approximate surface area is 218 Å². The Balaban J connectivity index is 2.47. The molecule has 11 heteroatoms. The number of sulfonamides is 1. The maximum atomic E-state index is 13.6. The van der Waals surface area contributed by atoms with Crippen LogP contribution in [0.2, 0.25) is 5.02 Å². The molecule has 2 aromatic rings. The minimum Gasteiger partial charge on any atom is -0.497 e. The maximum absolute atomic E-state index is 13.6. The predicted molar refractivity (Wildman–Crippen MR) is 141 cm³/mol. The zero-order chi connectivity index (χ0) is 27.3. The van der Waals surface area contributed by atoms with Gasteiger partial charge >= 0.3 is 0 Å². The van der Waals surface area contributed by atoms with Crippen LogP contribution in [0.3, 0.4) is 0 Å². The van der Waals surface area contributed by atoms with Crippen molar-refractivity contribution in [1.82, 2.24) is 10.2 Å². The fourth-order valence-electron chi connectivity index (χ4n) is 3.44. The Bertz CT molecular complexity index is 1180. The predicted octanol–water partition coefficient (Wildman–Crippen LogP) is 3.46. The lowest BCUT2D eigenvalue weighted by Gasteiger charge is -2.33. The first-order valence-corrected chi connectivity index (χ1v) is 13.4. The number of nitrogens with one attached hydrogen (secondary N) is 1. The molecule has 0 heterocycles. The highest BCUT2D eigenvalue weighted by Gasteiger charge is 2.32. The van der Waals surface area contributed by atoms with Crippen LogP contribution in [0.5, 0.6) is 11.5 Å². The molecule has 1 N–H and O–H groups in total. The smallest absolute Gasteiger partial charge is 0.244 e. The fourth-order valence-corrected chi connectivity index (χ4v) is 4.45. The van der Waals surface area contributed by atoms with Gasteiger partial charge in [0.15, 0.2) is 0 Å². The first-order chi connectivity index (χ1) is 16.7. The van der Waals surface area contributed by atoms with E-state index in [9.17, 15) is 18.0 Å². The van der Waals surface area contributed by atoms with Gasteiger partial charge in [0.25, 0.3) is 0 Å². The molecule has 0 saturated heterocycles. The summed E-state index contributed by atoms with van der Waals surface area (Å²) in [5.74, 6) is -0.0604. The molecule has 0 unspecified atom stereocenters. The highest BCUT2D eigenvalue weighted by Crippen LogP contribution is 2.33. The number of hydrogen-bond acceptors (Lipinski definition) is 6. The number of nitrogens with zero attached hydrogens (tertiary/aromatic N) is 2. The molecule has 0 radical (unpaired) electrons. The standard InChI is InChI=1S/C25H34ClN3O6S/c1-17(24(31)27-25(2,3)4)28(15-18-8-11-20(34-5)12-9-18)23(30)16-29(36(7,32)33)21-14-19(26)10-13-22(21)35-6/h8-14,17H,15-16H2,1-7H3,(H,27,31)/t17-/m0/s1. The Morgan fingerprint density at radius 3 is 2.17 bits per heavy atom. The second-order valence-corrected chi connectivity index (χ2v) is 11.7. The van der Waals surface area contributed by atoms with Crippen molar-refractivity contribution in [2.24, 2.45) is 0 Å². The van der Waals surface area contributed by atoms with Crippen molar-refractivity contribution >= 4 is 39.1 Å². The summed E-state index contributed by atoms with van der Waals surface area (Å²) < 4.78 is 36.9. The minimum absolute atomic E-state index is 0.0752. The summed E-state index contributed by atoms with van der Waals surface area (Å²) >= 11 is 6.12. The first kappa shape index (κ1) is 29.3. The molecule has 198 valence electrons. The van der Waals surface area contributed by atoms with Crippen molar-refractivity contribution < 1.29 is 27.5 Å². The average Bonchev–Trinajstić information content (AvgIpc) is 2.78. The molecular formula is C25H34ClN3O6S. The lowest BCUT2D eigenvalue weighted by atomic mass is 10.1. The van der Waals surface area contributed by atoms with Gasteiger partial charge in [0.1, 0.15) is 24.1 Å². The monoisotopic (exact) mass is 539 g/mol. The van der Waals surface area contributed by atoms with E-state index in [2.05, 4.69) is 5.32 Å². The van der Waals surface area contributed by atoms with Crippen LogP contribution < -0.4 is 19.1 Å². The van der Waals surface area contributed by atoms with Crippen molar-refractivity contribution in [3.63, 3.8) is 0 Å². The molecule has 2 aromatic carbocycles. The van der Waals surface area contributed by atoms with E-state index in [0.717, 1.165) is 16.1 Å². The molecule has 0 aliphatic carbocycles. The van der Waals surface area contributed by atoms with Crippen LogP contribution in [0.4, 0.5) is 5.69 Å². The van der Waals surface area contributed by atoms with Crippen molar-refractivity contribution in [3.05, 3.63) is 53.1 Å². The van der Waals surface area contributed by atoms with Gasteiger partial charge in [-0.1, -0.05) is 23.7 Å². The van der Waals surface area contributed by atoms with Crippen LogP contribution in [0.15, 0.2) is 42.5 Å². The summed E-state index contributed by atoms with van der Waals surface area (Å²) in [6.07, 6.45) is 0.990. The number of halogens is 1. The number of amides is 2. The number of carbonyl (C=O) groups excluding carboxylic acids is 2. The van der Waals surface area contributed by atoms with Gasteiger partial charge in [0, 0.05) is 17.1 Å². The summed E-state index contributed by atoms with van der Waals surface area (Å²) in [4.78, 5) is 28.0. The number of carbonyl (C=O) groups is 2. The number of anilines is 1. The highest BCUT2D eigenvalue weighted by molar-refractivity contribution is 7.92. The molecule has 2 amide bonds. The largest absolute Gasteiger partial charge is 0.497 e. The molecule has 0 aromatic heterocycles. The van der Waals surface area contributed by atoms with Crippen molar-refractivity contribution in [2.75, 3.05) is 31.3 Å².